The van der Waals surface area contributed by atoms with Crippen molar-refractivity contribution in [2.24, 2.45) is 0 Å². The van der Waals surface area contributed by atoms with Gasteiger partial charge in [0.25, 0.3) is 5.91 Å². The number of hydrogen-bond acceptors (Lipinski definition) is 4. The number of hydrogen-bond donors (Lipinski definition) is 2. The highest BCUT2D eigenvalue weighted by Crippen LogP contribution is 2.33. The smallest absolute Gasteiger partial charge is 0.307 e. The molecule has 25 heavy (non-hydrogen) atoms. The van der Waals surface area contributed by atoms with Crippen LogP contribution in [0.2, 0.25) is 15.1 Å². The van der Waals surface area contributed by atoms with E-state index in [9.17, 15) is 14.7 Å². The largest absolute Gasteiger partial charge is 0.505 e. The Morgan fingerprint density at radius 3 is 2.28 bits per heavy atom. The summed E-state index contributed by atoms with van der Waals surface area (Å²) in [6.45, 7) is 0. The molecule has 0 aromatic heterocycles. The Morgan fingerprint density at radius 2 is 1.72 bits per heavy atom. The third-order valence-electron chi connectivity index (χ3n) is 3.46. The van der Waals surface area contributed by atoms with Crippen LogP contribution >= 0.6 is 34.8 Å². The van der Waals surface area contributed by atoms with Gasteiger partial charge in [0, 0.05) is 10.6 Å². The Hall–Kier alpha value is -1.95. The zero-order valence-electron chi connectivity index (χ0n) is 13.1. The second-order valence-electron chi connectivity index (χ2n) is 5.12. The van der Waals surface area contributed by atoms with Crippen molar-refractivity contribution in [2.45, 2.75) is 12.5 Å². The van der Waals surface area contributed by atoms with Gasteiger partial charge in [-0.15, -0.1) is 0 Å². The molecule has 0 heterocycles. The zero-order valence-corrected chi connectivity index (χ0v) is 15.3. The molecule has 1 amide bonds. The van der Waals surface area contributed by atoms with Gasteiger partial charge in [0.2, 0.25) is 0 Å². The van der Waals surface area contributed by atoms with E-state index in [2.05, 4.69) is 10.1 Å². The van der Waals surface area contributed by atoms with E-state index in [1.165, 1.54) is 19.2 Å². The van der Waals surface area contributed by atoms with Gasteiger partial charge in [-0.25, -0.2) is 0 Å². The molecule has 0 radical (unpaired) electrons. The molecule has 0 spiro atoms. The first kappa shape index (κ1) is 19.4. The van der Waals surface area contributed by atoms with Gasteiger partial charge in [0.1, 0.15) is 0 Å². The molecule has 5 nitrogen and oxygen atoms in total. The summed E-state index contributed by atoms with van der Waals surface area (Å²) in [6, 6.07) is 8.68. The lowest BCUT2D eigenvalue weighted by molar-refractivity contribution is -0.141. The number of methoxy groups -OCH3 is 1. The van der Waals surface area contributed by atoms with Crippen molar-refractivity contribution in [3.8, 4) is 5.75 Å². The van der Waals surface area contributed by atoms with Crippen molar-refractivity contribution in [1.29, 1.82) is 0 Å². The second-order valence-corrected chi connectivity index (χ2v) is 6.34. The molecule has 8 heteroatoms. The highest BCUT2D eigenvalue weighted by molar-refractivity contribution is 6.37. The van der Waals surface area contributed by atoms with Gasteiger partial charge in [-0.3, -0.25) is 9.59 Å². The Morgan fingerprint density at radius 1 is 1.12 bits per heavy atom. The number of carbonyl (C=O) groups excluding carboxylic acids is 2. The molecule has 2 rings (SSSR count). The number of rotatable bonds is 5. The third-order valence-corrected chi connectivity index (χ3v) is 4.38. The molecular formula is C17H14Cl3NO4. The van der Waals surface area contributed by atoms with Gasteiger partial charge >= 0.3 is 5.97 Å². The van der Waals surface area contributed by atoms with Crippen molar-refractivity contribution < 1.29 is 19.4 Å². The molecule has 0 unspecified atom stereocenters. The highest BCUT2D eigenvalue weighted by atomic mass is 35.5. The lowest BCUT2D eigenvalue weighted by Gasteiger charge is -2.19. The molecule has 132 valence electrons. The minimum Gasteiger partial charge on any atom is -0.505 e. The maximum Gasteiger partial charge on any atom is 0.307 e. The summed E-state index contributed by atoms with van der Waals surface area (Å²) in [6.07, 6.45) is -0.106. The summed E-state index contributed by atoms with van der Waals surface area (Å²) < 4.78 is 4.67. The Balaban J connectivity index is 2.31. The molecule has 0 bridgehead atoms. The Bertz CT molecular complexity index is 787. The SMILES string of the molecule is COC(=O)C[C@@H](NC(=O)c1cc(Cl)c(O)c(Cl)c1)c1ccccc1Cl. The molecule has 0 aliphatic heterocycles. The van der Waals surface area contributed by atoms with Gasteiger partial charge in [-0.1, -0.05) is 53.0 Å². The molecule has 0 fully saturated rings. The van der Waals surface area contributed by atoms with E-state index in [0.717, 1.165) is 0 Å². The van der Waals surface area contributed by atoms with E-state index in [0.29, 0.717) is 10.6 Å². The molecule has 2 aromatic rings. The first-order valence-electron chi connectivity index (χ1n) is 7.13. The van der Waals surface area contributed by atoms with Crippen LogP contribution in [0.5, 0.6) is 5.75 Å². The molecule has 0 aliphatic rings. The Kier molecular flexibility index (Phi) is 6.53. The fourth-order valence-corrected chi connectivity index (χ4v) is 2.94. The lowest BCUT2D eigenvalue weighted by Crippen LogP contribution is -2.30. The summed E-state index contributed by atoms with van der Waals surface area (Å²) >= 11 is 17.8. The van der Waals surface area contributed by atoms with Crippen LogP contribution in [-0.2, 0) is 9.53 Å². The van der Waals surface area contributed by atoms with E-state index >= 15 is 0 Å². The normalized spacial score (nSPS) is 11.7. The summed E-state index contributed by atoms with van der Waals surface area (Å²) in [5.74, 6) is -1.35. The van der Waals surface area contributed by atoms with Crippen LogP contribution in [0, 0.1) is 0 Å². The predicted molar refractivity (Wildman–Crippen MR) is 96.4 cm³/mol. The number of carbonyl (C=O) groups is 2. The number of amides is 1. The number of ether oxygens (including phenoxy) is 1. The van der Waals surface area contributed by atoms with Gasteiger partial charge in [0.15, 0.2) is 5.75 Å². The number of esters is 1. The molecule has 0 saturated heterocycles. The van der Waals surface area contributed by atoms with Crippen LogP contribution in [0.3, 0.4) is 0 Å². The minimum atomic E-state index is -0.708. The molecule has 1 atom stereocenters. The Labute approximate surface area is 159 Å². The zero-order chi connectivity index (χ0) is 18.6. The second kappa shape index (κ2) is 8.43. The number of phenols is 1. The van der Waals surface area contributed by atoms with Crippen LogP contribution in [0.25, 0.3) is 0 Å². The van der Waals surface area contributed by atoms with Crippen LogP contribution in [0.15, 0.2) is 36.4 Å². The molecule has 2 aromatic carbocycles. The average molecular weight is 403 g/mol. The fraction of sp³-hybridized carbons (Fsp3) is 0.176. The van der Waals surface area contributed by atoms with Gasteiger partial charge in [-0.2, -0.15) is 0 Å². The number of nitrogens with one attached hydrogen (secondary N) is 1. The van der Waals surface area contributed by atoms with Crippen molar-refractivity contribution in [1.82, 2.24) is 5.32 Å². The van der Waals surface area contributed by atoms with Crippen LogP contribution in [-0.4, -0.2) is 24.1 Å². The average Bonchev–Trinajstić information content (AvgIpc) is 2.58. The van der Waals surface area contributed by atoms with Gasteiger partial charge < -0.3 is 15.2 Å². The van der Waals surface area contributed by atoms with E-state index in [1.54, 1.807) is 24.3 Å². The molecular weight excluding hydrogens is 389 g/mol. The lowest BCUT2D eigenvalue weighted by atomic mass is 10.0. The topological polar surface area (TPSA) is 75.6 Å². The van der Waals surface area contributed by atoms with Crippen LogP contribution in [0.1, 0.15) is 28.4 Å². The summed E-state index contributed by atoms with van der Waals surface area (Å²) in [5, 5.41) is 12.6. The van der Waals surface area contributed by atoms with E-state index in [-0.39, 0.29) is 27.8 Å². The van der Waals surface area contributed by atoms with E-state index in [1.807, 2.05) is 0 Å². The maximum absolute atomic E-state index is 12.5. The molecule has 2 N–H and O–H groups in total. The number of halogens is 3. The first-order chi connectivity index (χ1) is 11.8. The number of phenolic OH excluding ortho intramolecular Hbond substituents is 1. The van der Waals surface area contributed by atoms with Crippen molar-refractivity contribution >= 4 is 46.7 Å². The quantitative estimate of drug-likeness (QED) is 0.727. The first-order valence-corrected chi connectivity index (χ1v) is 8.27. The van der Waals surface area contributed by atoms with E-state index in [4.69, 9.17) is 34.8 Å². The summed E-state index contributed by atoms with van der Waals surface area (Å²) in [4.78, 5) is 24.2. The van der Waals surface area contributed by atoms with Gasteiger partial charge in [-0.05, 0) is 23.8 Å². The van der Waals surface area contributed by atoms with Crippen molar-refractivity contribution in [2.75, 3.05) is 7.11 Å². The number of benzene rings is 2. The van der Waals surface area contributed by atoms with Crippen molar-refractivity contribution in [3.05, 3.63) is 62.6 Å². The monoisotopic (exact) mass is 401 g/mol. The summed E-state index contributed by atoms with van der Waals surface area (Å²) in [7, 11) is 1.26. The van der Waals surface area contributed by atoms with Crippen molar-refractivity contribution in [3.63, 3.8) is 0 Å². The van der Waals surface area contributed by atoms with Gasteiger partial charge in [0.05, 0.1) is 29.6 Å². The standard InChI is InChI=1S/C17H14Cl3NO4/c1-25-15(22)8-14(10-4-2-3-5-11(10)18)21-17(24)9-6-12(19)16(23)13(20)7-9/h2-7,14,23H,8H2,1H3,(H,21,24)/t14-/m1/s1. The van der Waals surface area contributed by atoms with E-state index < -0.39 is 17.9 Å². The highest BCUT2D eigenvalue weighted by Gasteiger charge is 2.22. The third kappa shape index (κ3) is 4.78. The predicted octanol–water partition coefficient (Wildman–Crippen LogP) is 4.39. The van der Waals surface area contributed by atoms with Crippen LogP contribution < -0.4 is 5.32 Å². The molecule has 0 aliphatic carbocycles. The fourth-order valence-electron chi connectivity index (χ4n) is 2.18. The maximum atomic E-state index is 12.5. The number of aromatic hydroxyl groups is 1. The minimum absolute atomic E-state index is 0.0556. The summed E-state index contributed by atoms with van der Waals surface area (Å²) in [5.41, 5.74) is 0.702. The molecule has 0 saturated carbocycles. The van der Waals surface area contributed by atoms with Crippen LogP contribution in [0.4, 0.5) is 0 Å².